The van der Waals surface area contributed by atoms with Crippen LogP contribution in [0.3, 0.4) is 0 Å². The Morgan fingerprint density at radius 2 is 1.96 bits per heavy atom. The number of ether oxygens (including phenoxy) is 2. The minimum atomic E-state index is -0.0814. The van der Waals surface area contributed by atoms with Crippen LogP contribution in [0, 0.1) is 5.41 Å². The molecule has 2 fully saturated rings. The first-order chi connectivity index (χ1) is 12.5. The zero-order valence-electron chi connectivity index (χ0n) is 15.8. The summed E-state index contributed by atoms with van der Waals surface area (Å²) in [6.45, 7) is 5.75. The summed E-state index contributed by atoms with van der Waals surface area (Å²) >= 11 is 4.17. The second-order valence-corrected chi connectivity index (χ2v) is 11.2. The maximum Gasteiger partial charge on any atom is 0.122 e. The lowest BCUT2D eigenvalue weighted by molar-refractivity contribution is -0.134. The predicted molar refractivity (Wildman–Crippen MR) is 111 cm³/mol. The van der Waals surface area contributed by atoms with Crippen molar-refractivity contribution in [3.63, 3.8) is 0 Å². The molecule has 0 radical (unpaired) electrons. The van der Waals surface area contributed by atoms with Gasteiger partial charge < -0.3 is 14.3 Å². The molecule has 2 atom stereocenters. The fraction of sp³-hybridized carbons (Fsp3) is 0.667. The topological polar surface area (TPSA) is 35.5 Å². The lowest BCUT2D eigenvalue weighted by atomic mass is 9.82. The molecule has 1 spiro atoms. The van der Waals surface area contributed by atoms with Gasteiger partial charge in [-0.25, -0.2) is 0 Å². The first-order valence-electron chi connectivity index (χ1n) is 9.52. The van der Waals surface area contributed by atoms with Gasteiger partial charge >= 0.3 is 0 Å². The molecule has 0 aromatic heterocycles. The van der Waals surface area contributed by atoms with Gasteiger partial charge in [0, 0.05) is 11.8 Å². The lowest BCUT2D eigenvalue weighted by Crippen LogP contribution is -2.49. The number of carbonyl (C=O) groups excluding carboxylic acids is 1. The number of thioether (sulfide) groups is 2. The fourth-order valence-electron chi connectivity index (χ4n) is 3.70. The van der Waals surface area contributed by atoms with Crippen LogP contribution in [0.1, 0.15) is 45.1 Å². The summed E-state index contributed by atoms with van der Waals surface area (Å²) in [5.74, 6) is 2.44. The Kier molecular flexibility index (Phi) is 7.11. The molecule has 5 heteroatoms. The summed E-state index contributed by atoms with van der Waals surface area (Å²) in [6.07, 6.45) is 4.98. The van der Waals surface area contributed by atoms with Gasteiger partial charge in [-0.15, -0.1) is 23.5 Å². The average molecular weight is 395 g/mol. The van der Waals surface area contributed by atoms with Crippen molar-refractivity contribution in [2.24, 2.45) is 5.41 Å². The highest BCUT2D eigenvalue weighted by molar-refractivity contribution is 8.18. The van der Waals surface area contributed by atoms with E-state index in [0.717, 1.165) is 19.1 Å². The Labute approximate surface area is 166 Å². The molecule has 0 aliphatic carbocycles. The molecule has 0 amide bonds. The van der Waals surface area contributed by atoms with Crippen LogP contribution in [-0.2, 0) is 20.9 Å². The number of hydrogen-bond acceptors (Lipinski definition) is 5. The molecule has 0 bridgehead atoms. The van der Waals surface area contributed by atoms with Gasteiger partial charge in [0.2, 0.25) is 0 Å². The molecule has 0 saturated carbocycles. The van der Waals surface area contributed by atoms with E-state index in [4.69, 9.17) is 9.47 Å². The summed E-state index contributed by atoms with van der Waals surface area (Å²) in [5.41, 5.74) is 1.11. The summed E-state index contributed by atoms with van der Waals surface area (Å²) in [5, 5.41) is 0. The number of benzene rings is 1. The third-order valence-corrected chi connectivity index (χ3v) is 8.64. The van der Waals surface area contributed by atoms with Crippen molar-refractivity contribution in [3.05, 3.63) is 35.9 Å². The van der Waals surface area contributed by atoms with E-state index in [2.05, 4.69) is 49.5 Å². The Hall–Kier alpha value is -0.490. The van der Waals surface area contributed by atoms with E-state index < -0.39 is 0 Å². The zero-order chi connectivity index (χ0) is 18.5. The summed E-state index contributed by atoms with van der Waals surface area (Å²) in [4.78, 5) is 11.1. The Morgan fingerprint density at radius 1 is 1.23 bits per heavy atom. The number of carbonyl (C=O) groups is 1. The van der Waals surface area contributed by atoms with Crippen molar-refractivity contribution in [1.29, 1.82) is 0 Å². The highest BCUT2D eigenvalue weighted by Gasteiger charge is 2.47. The zero-order valence-corrected chi connectivity index (χ0v) is 17.4. The highest BCUT2D eigenvalue weighted by atomic mass is 32.2. The molecule has 3 nitrogen and oxygen atoms in total. The van der Waals surface area contributed by atoms with Crippen LogP contribution in [0.5, 0.6) is 0 Å². The Bertz CT molecular complexity index is 570. The van der Waals surface area contributed by atoms with Gasteiger partial charge in [0.1, 0.15) is 6.29 Å². The molecule has 2 aliphatic rings. The molecule has 144 valence electrons. The van der Waals surface area contributed by atoms with Crippen LogP contribution in [0.15, 0.2) is 30.3 Å². The summed E-state index contributed by atoms with van der Waals surface area (Å²) < 4.78 is 12.6. The van der Waals surface area contributed by atoms with Crippen molar-refractivity contribution >= 4 is 29.8 Å². The van der Waals surface area contributed by atoms with Gasteiger partial charge in [0.15, 0.2) is 0 Å². The third-order valence-electron chi connectivity index (χ3n) is 5.23. The van der Waals surface area contributed by atoms with E-state index >= 15 is 0 Å². The van der Waals surface area contributed by atoms with Crippen molar-refractivity contribution < 1.29 is 14.3 Å². The lowest BCUT2D eigenvalue weighted by Gasteiger charge is -2.49. The van der Waals surface area contributed by atoms with Crippen molar-refractivity contribution in [3.8, 4) is 0 Å². The largest absolute Gasteiger partial charge is 0.376 e. The van der Waals surface area contributed by atoms with E-state index in [9.17, 15) is 4.79 Å². The Balaban J connectivity index is 1.62. The fourth-order valence-corrected chi connectivity index (χ4v) is 7.18. The minimum absolute atomic E-state index is 0.0396. The van der Waals surface area contributed by atoms with Gasteiger partial charge in [0.05, 0.1) is 29.5 Å². The first-order valence-corrected chi connectivity index (χ1v) is 11.5. The normalized spacial score (nSPS) is 25.9. The van der Waals surface area contributed by atoms with Gasteiger partial charge in [0.25, 0.3) is 0 Å². The van der Waals surface area contributed by atoms with Gasteiger partial charge in [-0.1, -0.05) is 44.2 Å². The van der Waals surface area contributed by atoms with Crippen LogP contribution in [-0.4, -0.2) is 40.7 Å². The van der Waals surface area contributed by atoms with E-state index in [1.54, 1.807) is 0 Å². The standard InChI is InChI=1S/C21H30O3S2/c1-20(2,16-23-15-17-7-4-3-5-8-17)19-14-21(25-11-6-12-26-21)13-18(24-19)9-10-22/h3-5,7-8,10,18-19H,6,9,11-16H2,1-2H3/t18-,19-/m0/s1. The van der Waals surface area contributed by atoms with E-state index in [1.807, 2.05) is 18.2 Å². The molecule has 0 N–H and O–H groups in total. The molecule has 2 aliphatic heterocycles. The number of hydrogen-bond donors (Lipinski definition) is 0. The average Bonchev–Trinajstić information content (AvgIpc) is 2.63. The molecular formula is C21H30O3S2. The highest BCUT2D eigenvalue weighted by Crippen LogP contribution is 2.54. The minimum Gasteiger partial charge on any atom is -0.376 e. The SMILES string of the molecule is CC(C)(COCc1ccccc1)[C@@H]1CC2(C[C@H](CC=O)O1)SCCCS2. The van der Waals surface area contributed by atoms with Gasteiger partial charge in [-0.3, -0.25) is 0 Å². The Morgan fingerprint density at radius 3 is 2.65 bits per heavy atom. The van der Waals surface area contributed by atoms with Crippen molar-refractivity contribution in [2.45, 2.75) is 62.4 Å². The van der Waals surface area contributed by atoms with E-state index in [-0.39, 0.29) is 21.7 Å². The molecule has 2 heterocycles. The molecule has 26 heavy (non-hydrogen) atoms. The maximum atomic E-state index is 11.1. The predicted octanol–water partition coefficient (Wildman–Crippen LogP) is 4.93. The van der Waals surface area contributed by atoms with Crippen LogP contribution < -0.4 is 0 Å². The third kappa shape index (κ3) is 5.28. The van der Waals surface area contributed by atoms with Gasteiger partial charge in [-0.05, 0) is 36.3 Å². The smallest absolute Gasteiger partial charge is 0.122 e. The van der Waals surface area contributed by atoms with E-state index in [0.29, 0.717) is 19.6 Å². The van der Waals surface area contributed by atoms with E-state index in [1.165, 1.54) is 23.5 Å². The number of rotatable bonds is 7. The molecule has 3 rings (SSSR count). The summed E-state index contributed by atoms with van der Waals surface area (Å²) in [7, 11) is 0. The van der Waals surface area contributed by atoms with Crippen molar-refractivity contribution in [2.75, 3.05) is 18.1 Å². The van der Waals surface area contributed by atoms with Crippen LogP contribution >= 0.6 is 23.5 Å². The molecule has 2 saturated heterocycles. The summed E-state index contributed by atoms with van der Waals surface area (Å²) in [6, 6.07) is 10.3. The molecule has 1 aromatic carbocycles. The second-order valence-electron chi connectivity index (χ2n) is 7.99. The molecular weight excluding hydrogens is 364 g/mol. The first kappa shape index (κ1) is 20.2. The van der Waals surface area contributed by atoms with Crippen LogP contribution in [0.25, 0.3) is 0 Å². The monoisotopic (exact) mass is 394 g/mol. The van der Waals surface area contributed by atoms with Gasteiger partial charge in [-0.2, -0.15) is 0 Å². The maximum absolute atomic E-state index is 11.1. The second kappa shape index (κ2) is 9.13. The molecule has 1 aromatic rings. The molecule has 0 unspecified atom stereocenters. The van der Waals surface area contributed by atoms with Crippen molar-refractivity contribution in [1.82, 2.24) is 0 Å². The quantitative estimate of drug-likeness (QED) is 0.613. The van der Waals surface area contributed by atoms with Crippen LogP contribution in [0.4, 0.5) is 0 Å². The van der Waals surface area contributed by atoms with Crippen LogP contribution in [0.2, 0.25) is 0 Å². The number of aldehydes is 1.